The van der Waals surface area contributed by atoms with E-state index in [-0.39, 0.29) is 6.03 Å². The van der Waals surface area contributed by atoms with E-state index in [1.807, 2.05) is 76.2 Å². The number of nitrogens with zero attached hydrogens (tertiary/aromatic N) is 1. The third kappa shape index (κ3) is 4.05. The lowest BCUT2D eigenvalue weighted by molar-refractivity contribution is 0.236. The van der Waals surface area contributed by atoms with Crippen LogP contribution in [-0.4, -0.2) is 12.6 Å². The summed E-state index contributed by atoms with van der Waals surface area (Å²) in [6.45, 7) is 8.53. The largest absolute Gasteiger partial charge is 0.329 e. The summed E-state index contributed by atoms with van der Waals surface area (Å²) in [4.78, 5) is 14.5. The van der Waals surface area contributed by atoms with Gasteiger partial charge in [0.25, 0.3) is 0 Å². The van der Waals surface area contributed by atoms with Crippen LogP contribution in [0.2, 0.25) is 5.02 Å². The number of amides is 2. The second-order valence-corrected chi connectivity index (χ2v) is 6.53. The van der Waals surface area contributed by atoms with E-state index in [0.29, 0.717) is 11.6 Å². The molecule has 0 aromatic heterocycles. The Morgan fingerprint density at radius 1 is 1.17 bits per heavy atom. The molecule has 4 heteroatoms. The first kappa shape index (κ1) is 17.4. The van der Waals surface area contributed by atoms with Gasteiger partial charge in [-0.15, -0.1) is 0 Å². The number of halogens is 1. The number of hydrogen-bond acceptors (Lipinski definition) is 1. The summed E-state index contributed by atoms with van der Waals surface area (Å²) >= 11 is 6.07. The molecule has 0 radical (unpaired) electrons. The SMILES string of the molecule is CCN(C(=O)NC(C)(C)c1cccc(Cl)c1)c1ccccc1C. The summed E-state index contributed by atoms with van der Waals surface area (Å²) in [7, 11) is 0. The minimum absolute atomic E-state index is 0.119. The van der Waals surface area contributed by atoms with Crippen LogP contribution >= 0.6 is 11.6 Å². The number of hydrogen-bond donors (Lipinski definition) is 1. The minimum Gasteiger partial charge on any atom is -0.329 e. The van der Waals surface area contributed by atoms with Crippen molar-refractivity contribution in [2.75, 3.05) is 11.4 Å². The maximum absolute atomic E-state index is 12.8. The van der Waals surface area contributed by atoms with E-state index < -0.39 is 5.54 Å². The number of aryl methyl sites for hydroxylation is 1. The quantitative estimate of drug-likeness (QED) is 0.829. The van der Waals surface area contributed by atoms with Crippen LogP contribution in [0.1, 0.15) is 31.9 Å². The molecule has 0 spiro atoms. The van der Waals surface area contributed by atoms with E-state index in [4.69, 9.17) is 11.6 Å². The van der Waals surface area contributed by atoms with Gasteiger partial charge in [-0.25, -0.2) is 4.79 Å². The van der Waals surface area contributed by atoms with Gasteiger partial charge in [-0.2, -0.15) is 0 Å². The van der Waals surface area contributed by atoms with Crippen LogP contribution in [-0.2, 0) is 5.54 Å². The lowest BCUT2D eigenvalue weighted by Crippen LogP contribution is -2.48. The fourth-order valence-electron chi connectivity index (χ4n) is 2.57. The number of rotatable bonds is 4. The standard InChI is InChI=1S/C19H23ClN2O/c1-5-22(17-12-7-6-9-14(17)2)18(23)21-19(3,4)15-10-8-11-16(20)13-15/h6-13H,5H2,1-4H3,(H,21,23). The van der Waals surface area contributed by atoms with E-state index >= 15 is 0 Å². The summed E-state index contributed by atoms with van der Waals surface area (Å²) in [6.07, 6.45) is 0. The highest BCUT2D eigenvalue weighted by molar-refractivity contribution is 6.30. The lowest BCUT2D eigenvalue weighted by Gasteiger charge is -2.31. The van der Waals surface area contributed by atoms with Crippen molar-refractivity contribution < 1.29 is 4.79 Å². The summed E-state index contributed by atoms with van der Waals surface area (Å²) in [6, 6.07) is 15.3. The van der Waals surface area contributed by atoms with E-state index in [9.17, 15) is 4.79 Å². The Hall–Kier alpha value is -2.00. The zero-order chi connectivity index (χ0) is 17.0. The predicted molar refractivity (Wildman–Crippen MR) is 97.2 cm³/mol. The summed E-state index contributed by atoms with van der Waals surface area (Å²) in [5.41, 5.74) is 2.46. The first-order valence-electron chi connectivity index (χ1n) is 7.76. The highest BCUT2D eigenvalue weighted by Gasteiger charge is 2.26. The minimum atomic E-state index is -0.516. The van der Waals surface area contributed by atoms with Gasteiger partial charge in [0.15, 0.2) is 0 Å². The molecule has 2 amide bonds. The second kappa shape index (κ2) is 7.05. The molecule has 3 nitrogen and oxygen atoms in total. The van der Waals surface area contributed by atoms with Crippen LogP contribution in [0.25, 0.3) is 0 Å². The van der Waals surface area contributed by atoms with E-state index in [1.165, 1.54) is 0 Å². The molecule has 2 rings (SSSR count). The summed E-state index contributed by atoms with van der Waals surface area (Å²) in [5, 5.41) is 3.77. The highest BCUT2D eigenvalue weighted by atomic mass is 35.5. The number of benzene rings is 2. The van der Waals surface area contributed by atoms with Crippen LogP contribution in [0.15, 0.2) is 48.5 Å². The van der Waals surface area contributed by atoms with Crippen molar-refractivity contribution in [1.82, 2.24) is 5.32 Å². The predicted octanol–water partition coefficient (Wildman–Crippen LogP) is 5.12. The maximum atomic E-state index is 12.8. The normalized spacial score (nSPS) is 11.2. The molecule has 0 heterocycles. The Labute approximate surface area is 143 Å². The molecule has 0 saturated carbocycles. The Balaban J connectivity index is 2.24. The molecule has 2 aromatic carbocycles. The molecule has 0 aliphatic carbocycles. The lowest BCUT2D eigenvalue weighted by atomic mass is 9.94. The molecule has 0 saturated heterocycles. The van der Waals surface area contributed by atoms with Gasteiger partial charge in [0, 0.05) is 17.3 Å². The van der Waals surface area contributed by atoms with Crippen LogP contribution in [0.3, 0.4) is 0 Å². The number of carbonyl (C=O) groups excluding carboxylic acids is 1. The van der Waals surface area contributed by atoms with Crippen molar-refractivity contribution in [1.29, 1.82) is 0 Å². The van der Waals surface area contributed by atoms with E-state index in [1.54, 1.807) is 4.90 Å². The molecule has 0 aliphatic rings. The molecule has 1 N–H and O–H groups in total. The van der Waals surface area contributed by atoms with Gasteiger partial charge in [-0.3, -0.25) is 4.90 Å². The third-order valence-electron chi connectivity index (χ3n) is 3.93. The van der Waals surface area contributed by atoms with Crippen molar-refractivity contribution in [2.24, 2.45) is 0 Å². The Bertz CT molecular complexity index is 697. The zero-order valence-corrected chi connectivity index (χ0v) is 14.8. The van der Waals surface area contributed by atoms with Gasteiger partial charge in [0.05, 0.1) is 5.54 Å². The number of nitrogens with one attached hydrogen (secondary N) is 1. The molecular formula is C19H23ClN2O. The zero-order valence-electron chi connectivity index (χ0n) is 14.1. The van der Waals surface area contributed by atoms with Gasteiger partial charge in [0.2, 0.25) is 0 Å². The Kier molecular flexibility index (Phi) is 5.32. The Morgan fingerprint density at radius 2 is 1.87 bits per heavy atom. The monoisotopic (exact) mass is 330 g/mol. The first-order valence-corrected chi connectivity index (χ1v) is 8.14. The average Bonchev–Trinajstić information content (AvgIpc) is 2.49. The van der Waals surface area contributed by atoms with Crippen molar-refractivity contribution in [3.05, 3.63) is 64.7 Å². The molecule has 0 atom stereocenters. The van der Waals surface area contributed by atoms with E-state index in [0.717, 1.165) is 16.8 Å². The fraction of sp³-hybridized carbons (Fsp3) is 0.316. The molecule has 122 valence electrons. The van der Waals surface area contributed by atoms with Crippen molar-refractivity contribution in [2.45, 2.75) is 33.2 Å². The molecule has 0 aliphatic heterocycles. The maximum Gasteiger partial charge on any atom is 0.322 e. The molecule has 0 unspecified atom stereocenters. The molecular weight excluding hydrogens is 308 g/mol. The van der Waals surface area contributed by atoms with Crippen LogP contribution in [0.5, 0.6) is 0 Å². The Morgan fingerprint density at radius 3 is 2.48 bits per heavy atom. The summed E-state index contributed by atoms with van der Waals surface area (Å²) < 4.78 is 0. The van der Waals surface area contributed by atoms with Crippen molar-refractivity contribution >= 4 is 23.3 Å². The van der Waals surface area contributed by atoms with Crippen LogP contribution in [0, 0.1) is 6.92 Å². The molecule has 0 bridgehead atoms. The molecule has 0 fully saturated rings. The first-order chi connectivity index (χ1) is 10.8. The number of carbonyl (C=O) groups is 1. The van der Waals surface area contributed by atoms with Gasteiger partial charge in [0.1, 0.15) is 0 Å². The van der Waals surface area contributed by atoms with Crippen LogP contribution in [0.4, 0.5) is 10.5 Å². The van der Waals surface area contributed by atoms with Crippen molar-refractivity contribution in [3.63, 3.8) is 0 Å². The second-order valence-electron chi connectivity index (χ2n) is 6.10. The van der Waals surface area contributed by atoms with Crippen LogP contribution < -0.4 is 10.2 Å². The third-order valence-corrected chi connectivity index (χ3v) is 4.17. The van der Waals surface area contributed by atoms with E-state index in [2.05, 4.69) is 5.32 Å². The molecule has 2 aromatic rings. The fourth-order valence-corrected chi connectivity index (χ4v) is 2.76. The van der Waals surface area contributed by atoms with Gasteiger partial charge >= 0.3 is 6.03 Å². The topological polar surface area (TPSA) is 32.3 Å². The average molecular weight is 331 g/mol. The number of urea groups is 1. The number of anilines is 1. The van der Waals surface area contributed by atoms with Gasteiger partial charge in [-0.1, -0.05) is 41.9 Å². The van der Waals surface area contributed by atoms with Gasteiger partial charge in [-0.05, 0) is 57.0 Å². The summed E-state index contributed by atoms with van der Waals surface area (Å²) in [5.74, 6) is 0. The van der Waals surface area contributed by atoms with Gasteiger partial charge < -0.3 is 5.32 Å². The smallest absolute Gasteiger partial charge is 0.322 e. The van der Waals surface area contributed by atoms with Crippen molar-refractivity contribution in [3.8, 4) is 0 Å². The molecule has 23 heavy (non-hydrogen) atoms. The highest BCUT2D eigenvalue weighted by Crippen LogP contribution is 2.25. The number of para-hydroxylation sites is 1.